The number of imide groups is 1. The second kappa shape index (κ2) is 4.04. The number of nitrogens with zero attached hydrogens (tertiary/aromatic N) is 3. The highest BCUT2D eigenvalue weighted by molar-refractivity contribution is 6.00. The van der Waals surface area contributed by atoms with Crippen molar-refractivity contribution in [2.45, 2.75) is 25.8 Å². The molecule has 2 aromatic heterocycles. The standard InChI is InChI=1S/C12H13N5O2/c1-6-4-7-10(14-5-6)17(12(13)15-7)8-2-3-9(18)16-11(8)19/h4-5,8H,2-3H2,1H3,(H2,13,15)(H,16,18,19). The molecule has 19 heavy (non-hydrogen) atoms. The Hall–Kier alpha value is -2.44. The molecule has 0 bridgehead atoms. The predicted octanol–water partition coefficient (Wildman–Crippen LogP) is 0.300. The van der Waals surface area contributed by atoms with Gasteiger partial charge in [-0.3, -0.25) is 19.5 Å². The first-order valence-electron chi connectivity index (χ1n) is 6.00. The van der Waals surface area contributed by atoms with Crippen molar-refractivity contribution in [2.24, 2.45) is 0 Å². The third-order valence-electron chi connectivity index (χ3n) is 3.22. The van der Waals surface area contributed by atoms with E-state index < -0.39 is 6.04 Å². The maximum absolute atomic E-state index is 11.9. The van der Waals surface area contributed by atoms with Crippen LogP contribution in [0.5, 0.6) is 0 Å². The number of hydrogen-bond acceptors (Lipinski definition) is 5. The molecule has 0 aromatic carbocycles. The number of aryl methyl sites for hydroxylation is 1. The maximum atomic E-state index is 11.9. The van der Waals surface area contributed by atoms with Gasteiger partial charge in [0.1, 0.15) is 11.6 Å². The lowest BCUT2D eigenvalue weighted by Crippen LogP contribution is -2.42. The number of fused-ring (bicyclic) bond motifs is 1. The van der Waals surface area contributed by atoms with E-state index >= 15 is 0 Å². The van der Waals surface area contributed by atoms with Crippen LogP contribution in [0.15, 0.2) is 12.3 Å². The Kier molecular flexibility index (Phi) is 2.48. The topological polar surface area (TPSA) is 103 Å². The Bertz CT molecular complexity index is 691. The molecule has 3 heterocycles. The molecule has 1 saturated heterocycles. The first-order chi connectivity index (χ1) is 9.06. The molecule has 1 unspecified atom stereocenters. The molecule has 1 atom stereocenters. The van der Waals surface area contributed by atoms with E-state index in [1.165, 1.54) is 0 Å². The summed E-state index contributed by atoms with van der Waals surface area (Å²) in [7, 11) is 0. The largest absolute Gasteiger partial charge is 0.369 e. The Morgan fingerprint density at radius 1 is 1.47 bits per heavy atom. The van der Waals surface area contributed by atoms with Crippen LogP contribution in [0.25, 0.3) is 11.2 Å². The lowest BCUT2D eigenvalue weighted by molar-refractivity contribution is -0.135. The average Bonchev–Trinajstić information content (AvgIpc) is 2.65. The molecule has 1 fully saturated rings. The highest BCUT2D eigenvalue weighted by Crippen LogP contribution is 2.26. The zero-order valence-corrected chi connectivity index (χ0v) is 10.4. The summed E-state index contributed by atoms with van der Waals surface area (Å²) < 4.78 is 1.59. The fourth-order valence-electron chi connectivity index (χ4n) is 2.34. The van der Waals surface area contributed by atoms with Gasteiger partial charge in [-0.05, 0) is 25.0 Å². The van der Waals surface area contributed by atoms with Gasteiger partial charge in [-0.25, -0.2) is 9.97 Å². The summed E-state index contributed by atoms with van der Waals surface area (Å²) >= 11 is 0. The Morgan fingerprint density at radius 3 is 3.00 bits per heavy atom. The number of nitrogens with one attached hydrogen (secondary N) is 1. The summed E-state index contributed by atoms with van der Waals surface area (Å²) in [6.07, 6.45) is 2.41. The average molecular weight is 259 g/mol. The number of aromatic nitrogens is 3. The van der Waals surface area contributed by atoms with Gasteiger partial charge in [-0.15, -0.1) is 0 Å². The number of amides is 2. The van der Waals surface area contributed by atoms with Crippen molar-refractivity contribution >= 4 is 28.9 Å². The van der Waals surface area contributed by atoms with E-state index in [-0.39, 0.29) is 17.8 Å². The van der Waals surface area contributed by atoms with Gasteiger partial charge in [0.25, 0.3) is 0 Å². The molecule has 1 aliphatic heterocycles. The molecule has 3 N–H and O–H groups in total. The number of piperidine rings is 1. The lowest BCUT2D eigenvalue weighted by atomic mass is 10.1. The van der Waals surface area contributed by atoms with Gasteiger partial charge in [-0.2, -0.15) is 0 Å². The molecule has 0 aliphatic carbocycles. The van der Waals surface area contributed by atoms with Crippen LogP contribution in [0.3, 0.4) is 0 Å². The molecule has 2 amide bonds. The van der Waals surface area contributed by atoms with Crippen molar-refractivity contribution in [3.05, 3.63) is 17.8 Å². The first-order valence-corrected chi connectivity index (χ1v) is 6.00. The van der Waals surface area contributed by atoms with Crippen molar-refractivity contribution in [2.75, 3.05) is 5.73 Å². The third-order valence-corrected chi connectivity index (χ3v) is 3.22. The quantitative estimate of drug-likeness (QED) is 0.717. The van der Waals surface area contributed by atoms with E-state index in [9.17, 15) is 9.59 Å². The number of carbonyl (C=O) groups is 2. The summed E-state index contributed by atoms with van der Waals surface area (Å²) in [5.74, 6) is -0.375. The second-order valence-electron chi connectivity index (χ2n) is 4.66. The van der Waals surface area contributed by atoms with Gasteiger partial charge >= 0.3 is 0 Å². The number of imidazole rings is 1. The number of pyridine rings is 1. The van der Waals surface area contributed by atoms with Crippen molar-refractivity contribution in [3.63, 3.8) is 0 Å². The molecule has 1 aliphatic rings. The molecule has 0 spiro atoms. The van der Waals surface area contributed by atoms with Gasteiger partial charge in [-0.1, -0.05) is 0 Å². The fraction of sp³-hybridized carbons (Fsp3) is 0.333. The maximum Gasteiger partial charge on any atom is 0.249 e. The molecule has 2 aromatic rings. The Balaban J connectivity index is 2.12. The number of nitrogens with two attached hydrogens (primary N) is 1. The fourth-order valence-corrected chi connectivity index (χ4v) is 2.34. The van der Waals surface area contributed by atoms with Crippen LogP contribution >= 0.6 is 0 Å². The van der Waals surface area contributed by atoms with Crippen LogP contribution in [-0.2, 0) is 9.59 Å². The van der Waals surface area contributed by atoms with E-state index in [1.54, 1.807) is 10.8 Å². The van der Waals surface area contributed by atoms with Crippen LogP contribution in [0.1, 0.15) is 24.4 Å². The zero-order chi connectivity index (χ0) is 13.6. The van der Waals surface area contributed by atoms with Gasteiger partial charge in [0.15, 0.2) is 5.65 Å². The second-order valence-corrected chi connectivity index (χ2v) is 4.66. The van der Waals surface area contributed by atoms with Gasteiger partial charge in [0, 0.05) is 12.6 Å². The number of rotatable bonds is 1. The van der Waals surface area contributed by atoms with Crippen molar-refractivity contribution in [1.82, 2.24) is 19.9 Å². The molecule has 7 heteroatoms. The SMILES string of the molecule is Cc1cnc2c(c1)nc(N)n2C1CCC(=O)NC1=O. The summed E-state index contributed by atoms with van der Waals surface area (Å²) in [4.78, 5) is 31.6. The van der Waals surface area contributed by atoms with E-state index in [1.807, 2.05) is 13.0 Å². The minimum Gasteiger partial charge on any atom is -0.369 e. The molecular weight excluding hydrogens is 246 g/mol. The van der Waals surface area contributed by atoms with Gasteiger partial charge in [0.05, 0.1) is 0 Å². The highest BCUT2D eigenvalue weighted by Gasteiger charge is 2.30. The lowest BCUT2D eigenvalue weighted by Gasteiger charge is -2.22. The van der Waals surface area contributed by atoms with E-state index in [0.717, 1.165) is 5.56 Å². The van der Waals surface area contributed by atoms with Crippen LogP contribution in [0, 0.1) is 6.92 Å². The van der Waals surface area contributed by atoms with Crippen molar-refractivity contribution in [3.8, 4) is 0 Å². The minimum absolute atomic E-state index is 0.239. The summed E-state index contributed by atoms with van der Waals surface area (Å²) in [6.45, 7) is 1.91. The van der Waals surface area contributed by atoms with Crippen LogP contribution in [0.2, 0.25) is 0 Å². The number of anilines is 1. The van der Waals surface area contributed by atoms with Crippen molar-refractivity contribution < 1.29 is 9.59 Å². The molecule has 0 radical (unpaired) electrons. The van der Waals surface area contributed by atoms with Crippen molar-refractivity contribution in [1.29, 1.82) is 0 Å². The van der Waals surface area contributed by atoms with Gasteiger partial charge < -0.3 is 5.73 Å². The number of hydrogen-bond donors (Lipinski definition) is 2. The predicted molar refractivity (Wildman–Crippen MR) is 68.1 cm³/mol. The summed E-state index contributed by atoms with van der Waals surface area (Å²) in [6, 6.07) is 1.33. The third kappa shape index (κ3) is 1.83. The van der Waals surface area contributed by atoms with Crippen LogP contribution < -0.4 is 11.1 Å². The smallest absolute Gasteiger partial charge is 0.249 e. The Morgan fingerprint density at radius 2 is 2.26 bits per heavy atom. The number of carbonyl (C=O) groups excluding carboxylic acids is 2. The molecule has 0 saturated carbocycles. The molecule has 3 rings (SSSR count). The summed E-state index contributed by atoms with van der Waals surface area (Å²) in [5, 5.41) is 2.31. The zero-order valence-electron chi connectivity index (χ0n) is 10.4. The molecule has 7 nitrogen and oxygen atoms in total. The number of nitrogen functional groups attached to an aromatic ring is 1. The van der Waals surface area contributed by atoms with Crippen LogP contribution in [-0.4, -0.2) is 26.3 Å². The Labute approximate surface area is 108 Å². The van der Waals surface area contributed by atoms with Crippen LogP contribution in [0.4, 0.5) is 5.95 Å². The van der Waals surface area contributed by atoms with E-state index in [0.29, 0.717) is 24.0 Å². The normalized spacial score (nSPS) is 19.7. The van der Waals surface area contributed by atoms with E-state index in [2.05, 4.69) is 15.3 Å². The molecular formula is C12H13N5O2. The van der Waals surface area contributed by atoms with E-state index in [4.69, 9.17) is 5.73 Å². The molecule has 98 valence electrons. The minimum atomic E-state index is -0.530. The first kappa shape index (κ1) is 11.6. The monoisotopic (exact) mass is 259 g/mol. The highest BCUT2D eigenvalue weighted by atomic mass is 16.2. The van der Waals surface area contributed by atoms with Gasteiger partial charge in [0.2, 0.25) is 17.8 Å². The summed E-state index contributed by atoms with van der Waals surface area (Å²) in [5.41, 5.74) is 8.07.